The highest BCUT2D eigenvalue weighted by Gasteiger charge is 2.15. The molecular weight excluding hydrogens is 278 g/mol. The molecule has 0 radical (unpaired) electrons. The van der Waals surface area contributed by atoms with Gasteiger partial charge < -0.3 is 10.1 Å². The van der Waals surface area contributed by atoms with E-state index in [1.54, 1.807) is 24.3 Å². The largest absolute Gasteiger partial charge is 0.465 e. The molecule has 0 bridgehead atoms. The van der Waals surface area contributed by atoms with E-state index in [1.807, 2.05) is 37.3 Å². The summed E-state index contributed by atoms with van der Waals surface area (Å²) in [6.45, 7) is 2.02. The molecule has 0 aliphatic carbocycles. The number of ether oxygens (including phenoxy) is 1. The number of methoxy groups -OCH3 is 1. The van der Waals surface area contributed by atoms with Gasteiger partial charge in [-0.05, 0) is 30.2 Å². The van der Waals surface area contributed by atoms with Crippen LogP contribution in [0.3, 0.4) is 0 Å². The second kappa shape index (κ2) is 7.41. The Morgan fingerprint density at radius 3 is 2.36 bits per heavy atom. The van der Waals surface area contributed by atoms with Crippen molar-refractivity contribution >= 4 is 11.9 Å². The molecule has 0 aromatic heterocycles. The van der Waals surface area contributed by atoms with Crippen LogP contribution in [0.1, 0.15) is 45.7 Å². The molecule has 0 saturated heterocycles. The molecule has 1 amide bonds. The predicted octanol–water partition coefficient (Wildman–Crippen LogP) is 3.35. The minimum absolute atomic E-state index is 0.0597. The van der Waals surface area contributed by atoms with Gasteiger partial charge in [0.25, 0.3) is 5.91 Å². The highest BCUT2D eigenvalue weighted by molar-refractivity contribution is 5.98. The standard InChI is InChI=1S/C18H19NO3/c1-3-16(13-8-5-4-6-9-13)19-17(20)14-10-7-11-15(12-14)18(21)22-2/h4-12,16H,3H2,1-2H3,(H,19,20). The molecule has 0 spiro atoms. The van der Waals surface area contributed by atoms with Gasteiger partial charge in [0.2, 0.25) is 0 Å². The lowest BCUT2D eigenvalue weighted by Gasteiger charge is -2.17. The summed E-state index contributed by atoms with van der Waals surface area (Å²) in [7, 11) is 1.32. The zero-order valence-electron chi connectivity index (χ0n) is 12.7. The average Bonchev–Trinajstić information content (AvgIpc) is 2.59. The first-order chi connectivity index (χ1) is 10.7. The zero-order valence-corrected chi connectivity index (χ0v) is 12.7. The van der Waals surface area contributed by atoms with Crippen LogP contribution >= 0.6 is 0 Å². The molecular formula is C18H19NO3. The molecule has 0 aliphatic heterocycles. The Kier molecular flexibility index (Phi) is 5.31. The summed E-state index contributed by atoms with van der Waals surface area (Å²) in [5, 5.41) is 2.99. The van der Waals surface area contributed by atoms with E-state index in [-0.39, 0.29) is 11.9 Å². The molecule has 1 unspecified atom stereocenters. The van der Waals surface area contributed by atoms with Gasteiger partial charge in [0.1, 0.15) is 0 Å². The van der Waals surface area contributed by atoms with Crippen LogP contribution in [0.25, 0.3) is 0 Å². The van der Waals surface area contributed by atoms with Crippen molar-refractivity contribution in [1.29, 1.82) is 0 Å². The highest BCUT2D eigenvalue weighted by Crippen LogP contribution is 2.17. The van der Waals surface area contributed by atoms with Crippen LogP contribution in [0.15, 0.2) is 54.6 Å². The third kappa shape index (κ3) is 3.73. The quantitative estimate of drug-likeness (QED) is 0.861. The number of carbonyl (C=O) groups is 2. The maximum Gasteiger partial charge on any atom is 0.337 e. The summed E-state index contributed by atoms with van der Waals surface area (Å²) in [6, 6.07) is 16.3. The van der Waals surface area contributed by atoms with Crippen LogP contribution in [0.2, 0.25) is 0 Å². The molecule has 4 nitrogen and oxygen atoms in total. The third-order valence-electron chi connectivity index (χ3n) is 3.46. The Bertz CT molecular complexity index is 652. The summed E-state index contributed by atoms with van der Waals surface area (Å²) >= 11 is 0. The maximum absolute atomic E-state index is 12.4. The minimum Gasteiger partial charge on any atom is -0.465 e. The number of amides is 1. The van der Waals surface area contributed by atoms with Crippen molar-refractivity contribution in [3.63, 3.8) is 0 Å². The van der Waals surface area contributed by atoms with Crippen LogP contribution in [-0.2, 0) is 4.74 Å². The molecule has 4 heteroatoms. The van der Waals surface area contributed by atoms with Gasteiger partial charge in [-0.1, -0.05) is 43.3 Å². The van der Waals surface area contributed by atoms with E-state index in [4.69, 9.17) is 0 Å². The lowest BCUT2D eigenvalue weighted by molar-refractivity contribution is 0.0600. The van der Waals surface area contributed by atoms with E-state index >= 15 is 0 Å². The van der Waals surface area contributed by atoms with E-state index in [9.17, 15) is 9.59 Å². The Balaban J connectivity index is 2.16. The summed E-state index contributed by atoms with van der Waals surface area (Å²) in [6.07, 6.45) is 0.784. The fourth-order valence-electron chi connectivity index (χ4n) is 2.25. The average molecular weight is 297 g/mol. The van der Waals surface area contributed by atoms with Crippen molar-refractivity contribution < 1.29 is 14.3 Å². The third-order valence-corrected chi connectivity index (χ3v) is 3.46. The molecule has 0 heterocycles. The molecule has 0 aliphatic rings. The number of carbonyl (C=O) groups excluding carboxylic acids is 2. The first-order valence-electron chi connectivity index (χ1n) is 7.20. The van der Waals surface area contributed by atoms with Crippen LogP contribution in [0, 0.1) is 0 Å². The summed E-state index contributed by atoms with van der Waals surface area (Å²) < 4.78 is 4.67. The minimum atomic E-state index is -0.454. The maximum atomic E-state index is 12.4. The van der Waals surface area contributed by atoms with E-state index in [0.717, 1.165) is 12.0 Å². The van der Waals surface area contributed by atoms with Gasteiger partial charge in [0, 0.05) is 5.56 Å². The fourth-order valence-corrected chi connectivity index (χ4v) is 2.25. The van der Waals surface area contributed by atoms with Crippen molar-refractivity contribution in [2.75, 3.05) is 7.11 Å². The van der Waals surface area contributed by atoms with E-state index in [2.05, 4.69) is 10.1 Å². The van der Waals surface area contributed by atoms with E-state index in [1.165, 1.54) is 7.11 Å². The molecule has 0 fully saturated rings. The topological polar surface area (TPSA) is 55.4 Å². The number of benzene rings is 2. The van der Waals surface area contributed by atoms with Crippen molar-refractivity contribution in [3.8, 4) is 0 Å². The van der Waals surface area contributed by atoms with Crippen LogP contribution in [0.4, 0.5) is 0 Å². The molecule has 2 aromatic carbocycles. The molecule has 1 N–H and O–H groups in total. The van der Waals surface area contributed by atoms with Crippen LogP contribution < -0.4 is 5.32 Å². The smallest absolute Gasteiger partial charge is 0.337 e. The van der Waals surface area contributed by atoms with Crippen molar-refractivity contribution in [2.24, 2.45) is 0 Å². The van der Waals surface area contributed by atoms with E-state index in [0.29, 0.717) is 11.1 Å². The van der Waals surface area contributed by atoms with Crippen molar-refractivity contribution in [2.45, 2.75) is 19.4 Å². The van der Waals surface area contributed by atoms with Gasteiger partial charge in [0.15, 0.2) is 0 Å². The lowest BCUT2D eigenvalue weighted by atomic mass is 10.0. The number of rotatable bonds is 5. The lowest BCUT2D eigenvalue weighted by Crippen LogP contribution is -2.28. The molecule has 22 heavy (non-hydrogen) atoms. The summed E-state index contributed by atoms with van der Waals surface area (Å²) in [5.41, 5.74) is 1.86. The molecule has 2 aromatic rings. The fraction of sp³-hybridized carbons (Fsp3) is 0.222. The SMILES string of the molecule is CCC(NC(=O)c1cccc(C(=O)OC)c1)c1ccccc1. The molecule has 0 saturated carbocycles. The van der Waals surface area contributed by atoms with E-state index < -0.39 is 5.97 Å². The molecule has 2 rings (SSSR count). The van der Waals surface area contributed by atoms with Crippen LogP contribution in [0.5, 0.6) is 0 Å². The summed E-state index contributed by atoms with van der Waals surface area (Å²) in [4.78, 5) is 23.9. The summed E-state index contributed by atoms with van der Waals surface area (Å²) in [5.74, 6) is -0.661. The van der Waals surface area contributed by atoms with Crippen molar-refractivity contribution in [3.05, 3.63) is 71.3 Å². The first kappa shape index (κ1) is 15.8. The van der Waals surface area contributed by atoms with Crippen molar-refractivity contribution in [1.82, 2.24) is 5.32 Å². The highest BCUT2D eigenvalue weighted by atomic mass is 16.5. The van der Waals surface area contributed by atoms with Gasteiger partial charge in [-0.25, -0.2) is 4.79 Å². The predicted molar refractivity (Wildman–Crippen MR) is 84.7 cm³/mol. The van der Waals surface area contributed by atoms with Gasteiger partial charge >= 0.3 is 5.97 Å². The normalized spacial score (nSPS) is 11.5. The van der Waals surface area contributed by atoms with Gasteiger partial charge in [-0.3, -0.25) is 4.79 Å². The van der Waals surface area contributed by atoms with Gasteiger partial charge in [0.05, 0.1) is 18.7 Å². The number of hydrogen-bond acceptors (Lipinski definition) is 3. The molecule has 114 valence electrons. The first-order valence-corrected chi connectivity index (χ1v) is 7.20. The Morgan fingerprint density at radius 1 is 1.05 bits per heavy atom. The Morgan fingerprint density at radius 2 is 1.73 bits per heavy atom. The second-order valence-corrected chi connectivity index (χ2v) is 4.92. The van der Waals surface area contributed by atoms with Crippen LogP contribution in [-0.4, -0.2) is 19.0 Å². The van der Waals surface area contributed by atoms with Gasteiger partial charge in [-0.15, -0.1) is 0 Å². The number of nitrogens with one attached hydrogen (secondary N) is 1. The Labute approximate surface area is 130 Å². The number of esters is 1. The van der Waals surface area contributed by atoms with Gasteiger partial charge in [-0.2, -0.15) is 0 Å². The Hall–Kier alpha value is -2.62. The number of hydrogen-bond donors (Lipinski definition) is 1. The zero-order chi connectivity index (χ0) is 15.9. The monoisotopic (exact) mass is 297 g/mol. The second-order valence-electron chi connectivity index (χ2n) is 4.92. The molecule has 1 atom stereocenters.